The predicted octanol–water partition coefficient (Wildman–Crippen LogP) is 1.80. The van der Waals surface area contributed by atoms with Crippen molar-refractivity contribution in [2.45, 2.75) is 64.1 Å². The first kappa shape index (κ1) is 15.2. The van der Waals surface area contributed by atoms with E-state index in [-0.39, 0.29) is 17.7 Å². The molecule has 0 aromatic rings. The van der Waals surface area contributed by atoms with E-state index in [1.165, 1.54) is 0 Å². The molecule has 0 saturated carbocycles. The molecule has 1 heterocycles. The highest BCUT2D eigenvalue weighted by molar-refractivity contribution is 5.68. The summed E-state index contributed by atoms with van der Waals surface area (Å²) in [5.41, 5.74) is 4.99. The number of hydrogen-bond acceptors (Lipinski definition) is 4. The third-order valence-corrected chi connectivity index (χ3v) is 2.95. The molecule has 5 nitrogen and oxygen atoms in total. The summed E-state index contributed by atoms with van der Waals surface area (Å²) < 4.78 is 10.7. The highest BCUT2D eigenvalue weighted by atomic mass is 16.6. The van der Waals surface area contributed by atoms with Gasteiger partial charge in [-0.05, 0) is 47.0 Å². The summed E-state index contributed by atoms with van der Waals surface area (Å²) in [4.78, 5) is 11.8. The molecule has 0 aliphatic carbocycles. The zero-order valence-electron chi connectivity index (χ0n) is 11.9. The van der Waals surface area contributed by atoms with E-state index in [0.29, 0.717) is 13.2 Å². The molecule has 0 bridgehead atoms. The highest BCUT2D eigenvalue weighted by Gasteiger charge is 2.37. The molecule has 0 aromatic carbocycles. The number of nitrogens with one attached hydrogen (secondary N) is 1. The van der Waals surface area contributed by atoms with Gasteiger partial charge in [-0.1, -0.05) is 0 Å². The standard InChI is InChI=1S/C13H26N2O3/c1-10(14)5-6-13(7-8-17-9-13)15-11(16)18-12(2,3)4/h10H,5-9,14H2,1-4H3,(H,15,16). The summed E-state index contributed by atoms with van der Waals surface area (Å²) in [5, 5.41) is 2.96. The van der Waals surface area contributed by atoms with Gasteiger partial charge in [0.05, 0.1) is 12.1 Å². The van der Waals surface area contributed by atoms with E-state index in [1.807, 2.05) is 27.7 Å². The second kappa shape index (κ2) is 5.89. The number of hydrogen-bond donors (Lipinski definition) is 2. The average molecular weight is 258 g/mol. The lowest BCUT2D eigenvalue weighted by atomic mass is 9.91. The van der Waals surface area contributed by atoms with Crippen LogP contribution in [0, 0.1) is 0 Å². The molecule has 2 atom stereocenters. The maximum absolute atomic E-state index is 11.8. The monoisotopic (exact) mass is 258 g/mol. The summed E-state index contributed by atoms with van der Waals surface area (Å²) in [6.07, 6.45) is 2.12. The van der Waals surface area contributed by atoms with E-state index in [9.17, 15) is 4.79 Å². The first-order valence-electron chi connectivity index (χ1n) is 6.57. The number of rotatable bonds is 4. The summed E-state index contributed by atoms with van der Waals surface area (Å²) >= 11 is 0. The van der Waals surface area contributed by atoms with Crippen molar-refractivity contribution in [1.29, 1.82) is 0 Å². The molecule has 1 fully saturated rings. The van der Waals surface area contributed by atoms with Crippen LogP contribution in [-0.2, 0) is 9.47 Å². The van der Waals surface area contributed by atoms with Gasteiger partial charge in [0.25, 0.3) is 0 Å². The lowest BCUT2D eigenvalue weighted by Crippen LogP contribution is -2.51. The van der Waals surface area contributed by atoms with Gasteiger partial charge in [0.2, 0.25) is 0 Å². The molecule has 1 aliphatic rings. The Balaban J connectivity index is 2.54. The third kappa shape index (κ3) is 5.23. The van der Waals surface area contributed by atoms with E-state index < -0.39 is 5.60 Å². The van der Waals surface area contributed by atoms with Gasteiger partial charge in [0, 0.05) is 12.6 Å². The van der Waals surface area contributed by atoms with Crippen LogP contribution < -0.4 is 11.1 Å². The largest absolute Gasteiger partial charge is 0.444 e. The zero-order valence-corrected chi connectivity index (χ0v) is 11.9. The lowest BCUT2D eigenvalue weighted by molar-refractivity contribution is 0.0430. The maximum atomic E-state index is 11.8. The number of ether oxygens (including phenoxy) is 2. The van der Waals surface area contributed by atoms with Crippen LogP contribution in [0.4, 0.5) is 4.79 Å². The summed E-state index contributed by atoms with van der Waals surface area (Å²) in [5.74, 6) is 0. The fourth-order valence-corrected chi connectivity index (χ4v) is 1.99. The minimum Gasteiger partial charge on any atom is -0.444 e. The predicted molar refractivity (Wildman–Crippen MR) is 70.4 cm³/mol. The van der Waals surface area contributed by atoms with Gasteiger partial charge in [-0.3, -0.25) is 0 Å². The van der Waals surface area contributed by atoms with Crippen LogP contribution in [0.2, 0.25) is 0 Å². The van der Waals surface area contributed by atoms with E-state index in [4.69, 9.17) is 15.2 Å². The quantitative estimate of drug-likeness (QED) is 0.806. The number of carbonyl (C=O) groups is 1. The Morgan fingerprint density at radius 3 is 2.67 bits per heavy atom. The summed E-state index contributed by atoms with van der Waals surface area (Å²) in [6.45, 7) is 8.75. The molecular formula is C13H26N2O3. The van der Waals surface area contributed by atoms with Crippen molar-refractivity contribution in [1.82, 2.24) is 5.32 Å². The Bertz CT molecular complexity index is 278. The van der Waals surface area contributed by atoms with Crippen molar-refractivity contribution < 1.29 is 14.3 Å². The minimum absolute atomic E-state index is 0.128. The van der Waals surface area contributed by atoms with Gasteiger partial charge >= 0.3 is 6.09 Å². The van der Waals surface area contributed by atoms with Crippen LogP contribution in [-0.4, -0.2) is 36.5 Å². The molecule has 106 valence electrons. The molecule has 5 heteroatoms. The Labute approximate surface area is 109 Å². The summed E-state index contributed by atoms with van der Waals surface area (Å²) in [7, 11) is 0. The molecule has 0 spiro atoms. The molecule has 2 unspecified atom stereocenters. The molecule has 1 saturated heterocycles. The zero-order chi connectivity index (χ0) is 13.8. The lowest BCUT2D eigenvalue weighted by Gasteiger charge is -2.31. The van der Waals surface area contributed by atoms with E-state index in [1.54, 1.807) is 0 Å². The number of nitrogens with two attached hydrogens (primary N) is 1. The Kier molecular flexibility index (Phi) is 4.99. The van der Waals surface area contributed by atoms with E-state index in [2.05, 4.69) is 5.32 Å². The van der Waals surface area contributed by atoms with Gasteiger partial charge in [-0.2, -0.15) is 0 Å². The summed E-state index contributed by atoms with van der Waals surface area (Å²) in [6, 6.07) is 0.128. The highest BCUT2D eigenvalue weighted by Crippen LogP contribution is 2.25. The van der Waals surface area contributed by atoms with Crippen LogP contribution in [0.15, 0.2) is 0 Å². The average Bonchev–Trinajstić information content (AvgIpc) is 2.61. The normalized spacial score (nSPS) is 25.8. The fourth-order valence-electron chi connectivity index (χ4n) is 1.99. The van der Waals surface area contributed by atoms with E-state index in [0.717, 1.165) is 19.3 Å². The minimum atomic E-state index is -0.480. The van der Waals surface area contributed by atoms with Crippen LogP contribution >= 0.6 is 0 Å². The maximum Gasteiger partial charge on any atom is 0.408 e. The van der Waals surface area contributed by atoms with Gasteiger partial charge in [0.1, 0.15) is 5.60 Å². The SMILES string of the molecule is CC(N)CCC1(NC(=O)OC(C)(C)C)CCOC1. The van der Waals surface area contributed by atoms with Crippen LogP contribution in [0.25, 0.3) is 0 Å². The number of alkyl carbamates (subject to hydrolysis) is 1. The van der Waals surface area contributed by atoms with Crippen LogP contribution in [0.3, 0.4) is 0 Å². The Hall–Kier alpha value is -0.810. The number of carbonyl (C=O) groups excluding carboxylic acids is 1. The van der Waals surface area contributed by atoms with Crippen molar-refractivity contribution >= 4 is 6.09 Å². The van der Waals surface area contributed by atoms with Gasteiger partial charge < -0.3 is 20.5 Å². The molecule has 0 aromatic heterocycles. The van der Waals surface area contributed by atoms with Crippen molar-refractivity contribution in [3.05, 3.63) is 0 Å². The van der Waals surface area contributed by atoms with E-state index >= 15 is 0 Å². The molecule has 1 aliphatic heterocycles. The Morgan fingerprint density at radius 1 is 1.56 bits per heavy atom. The molecule has 3 N–H and O–H groups in total. The molecule has 1 amide bonds. The topological polar surface area (TPSA) is 73.6 Å². The first-order chi connectivity index (χ1) is 8.22. The second-order valence-corrected chi connectivity index (χ2v) is 6.23. The first-order valence-corrected chi connectivity index (χ1v) is 6.57. The van der Waals surface area contributed by atoms with Crippen molar-refractivity contribution in [2.75, 3.05) is 13.2 Å². The van der Waals surface area contributed by atoms with Gasteiger partial charge in [-0.25, -0.2) is 4.79 Å². The van der Waals surface area contributed by atoms with Crippen molar-refractivity contribution in [2.24, 2.45) is 5.73 Å². The van der Waals surface area contributed by atoms with Gasteiger partial charge in [0.15, 0.2) is 0 Å². The molecule has 0 radical (unpaired) electrons. The smallest absolute Gasteiger partial charge is 0.408 e. The third-order valence-electron chi connectivity index (χ3n) is 2.95. The van der Waals surface area contributed by atoms with Crippen LogP contribution in [0.1, 0.15) is 47.0 Å². The number of amides is 1. The second-order valence-electron chi connectivity index (χ2n) is 6.23. The van der Waals surface area contributed by atoms with Gasteiger partial charge in [-0.15, -0.1) is 0 Å². The molecular weight excluding hydrogens is 232 g/mol. The fraction of sp³-hybridized carbons (Fsp3) is 0.923. The van der Waals surface area contributed by atoms with Crippen LogP contribution in [0.5, 0.6) is 0 Å². The Morgan fingerprint density at radius 2 is 2.22 bits per heavy atom. The molecule has 1 rings (SSSR count). The van der Waals surface area contributed by atoms with Crippen molar-refractivity contribution in [3.8, 4) is 0 Å². The molecule has 18 heavy (non-hydrogen) atoms. The van der Waals surface area contributed by atoms with Crippen molar-refractivity contribution in [3.63, 3.8) is 0 Å².